The molecular formula is C14H10Cl2N2O5S. The summed E-state index contributed by atoms with van der Waals surface area (Å²) < 4.78 is 4.99. The maximum absolute atomic E-state index is 12.1. The van der Waals surface area contributed by atoms with Crippen molar-refractivity contribution in [3.05, 3.63) is 55.4 Å². The monoisotopic (exact) mass is 388 g/mol. The number of hydrogen-bond acceptors (Lipinski definition) is 6. The zero-order valence-corrected chi connectivity index (χ0v) is 14.4. The molecule has 0 unspecified atom stereocenters. The van der Waals surface area contributed by atoms with Crippen LogP contribution in [0.3, 0.4) is 0 Å². The van der Waals surface area contributed by atoms with Crippen LogP contribution in [0.15, 0.2) is 30.3 Å². The Kier molecular flexibility index (Phi) is 5.76. The van der Waals surface area contributed by atoms with Crippen molar-refractivity contribution < 1.29 is 19.2 Å². The second-order valence-corrected chi connectivity index (χ2v) is 6.46. The molecule has 0 aliphatic heterocycles. The molecule has 0 saturated carbocycles. The molecule has 1 aromatic carbocycles. The van der Waals surface area contributed by atoms with Gasteiger partial charge in [0.1, 0.15) is 4.88 Å². The molecule has 1 N–H and O–H groups in total. The zero-order valence-electron chi connectivity index (χ0n) is 12.1. The molecule has 2 rings (SSSR count). The Hall–Kier alpha value is -2.16. The summed E-state index contributed by atoms with van der Waals surface area (Å²) in [6.07, 6.45) is -1.13. The second kappa shape index (κ2) is 7.61. The molecule has 0 spiro atoms. The molecule has 7 nitrogen and oxygen atoms in total. The van der Waals surface area contributed by atoms with E-state index in [1.165, 1.54) is 31.2 Å². The number of halogens is 2. The van der Waals surface area contributed by atoms with Gasteiger partial charge in [0.25, 0.3) is 5.91 Å². The van der Waals surface area contributed by atoms with Crippen LogP contribution in [0.2, 0.25) is 10.0 Å². The summed E-state index contributed by atoms with van der Waals surface area (Å²) >= 11 is 12.4. The van der Waals surface area contributed by atoms with Gasteiger partial charge in [-0.05, 0) is 31.2 Å². The highest BCUT2D eigenvalue weighted by Crippen LogP contribution is 2.26. The van der Waals surface area contributed by atoms with Gasteiger partial charge in [-0.3, -0.25) is 14.9 Å². The first-order valence-electron chi connectivity index (χ1n) is 6.49. The van der Waals surface area contributed by atoms with Gasteiger partial charge >= 0.3 is 11.0 Å². The number of nitrogens with one attached hydrogen (secondary N) is 1. The molecule has 0 fully saturated rings. The molecule has 0 saturated heterocycles. The highest BCUT2D eigenvalue weighted by Gasteiger charge is 2.22. The number of nitrogens with zero attached hydrogens (tertiary/aromatic N) is 1. The predicted molar refractivity (Wildman–Crippen MR) is 90.9 cm³/mol. The smallest absolute Gasteiger partial charge is 0.349 e. The third-order valence-corrected chi connectivity index (χ3v) is 4.39. The lowest BCUT2D eigenvalue weighted by molar-refractivity contribution is -0.380. The van der Waals surface area contributed by atoms with E-state index in [9.17, 15) is 19.7 Å². The average molecular weight is 389 g/mol. The van der Waals surface area contributed by atoms with E-state index in [0.29, 0.717) is 16.4 Å². The van der Waals surface area contributed by atoms with Gasteiger partial charge in [-0.2, -0.15) is 0 Å². The molecule has 0 aliphatic carbocycles. The number of ether oxygens (including phenoxy) is 1. The SMILES string of the molecule is C[C@@H](OC(=O)c1ccc([N+](=O)[O-])s1)C(=O)Nc1cc(Cl)ccc1Cl. The van der Waals surface area contributed by atoms with Crippen LogP contribution >= 0.6 is 34.5 Å². The molecule has 1 atom stereocenters. The predicted octanol–water partition coefficient (Wildman–Crippen LogP) is 4.15. The van der Waals surface area contributed by atoms with Crippen LogP contribution < -0.4 is 5.32 Å². The van der Waals surface area contributed by atoms with E-state index < -0.39 is 22.9 Å². The molecule has 2 aromatic rings. The van der Waals surface area contributed by atoms with Crippen molar-refractivity contribution in [1.29, 1.82) is 0 Å². The van der Waals surface area contributed by atoms with Gasteiger partial charge in [0.15, 0.2) is 6.10 Å². The number of thiophene rings is 1. The molecule has 10 heteroatoms. The van der Waals surface area contributed by atoms with E-state index in [1.807, 2.05) is 0 Å². The first kappa shape index (κ1) is 18.2. The van der Waals surface area contributed by atoms with Crippen molar-refractivity contribution in [3.8, 4) is 0 Å². The summed E-state index contributed by atoms with van der Waals surface area (Å²) in [6.45, 7) is 1.37. The Labute approximate surface area is 150 Å². The van der Waals surface area contributed by atoms with Crippen LogP contribution in [0.5, 0.6) is 0 Å². The van der Waals surface area contributed by atoms with Gasteiger partial charge in [-0.1, -0.05) is 34.5 Å². The minimum absolute atomic E-state index is 0.0298. The van der Waals surface area contributed by atoms with Gasteiger partial charge in [0.05, 0.1) is 15.6 Å². The minimum atomic E-state index is -1.13. The lowest BCUT2D eigenvalue weighted by atomic mass is 10.3. The van der Waals surface area contributed by atoms with Crippen molar-refractivity contribution in [3.63, 3.8) is 0 Å². The third kappa shape index (κ3) is 4.44. The molecule has 1 amide bonds. The van der Waals surface area contributed by atoms with Crippen LogP contribution in [-0.2, 0) is 9.53 Å². The Morgan fingerprint density at radius 2 is 2.00 bits per heavy atom. The highest BCUT2D eigenvalue weighted by atomic mass is 35.5. The number of rotatable bonds is 5. The number of benzene rings is 1. The fourth-order valence-corrected chi connectivity index (χ4v) is 2.68. The maximum atomic E-state index is 12.1. The number of anilines is 1. The normalized spacial score (nSPS) is 11.6. The third-order valence-electron chi connectivity index (χ3n) is 2.81. The first-order chi connectivity index (χ1) is 11.3. The van der Waals surface area contributed by atoms with E-state index in [0.717, 1.165) is 0 Å². The fraction of sp³-hybridized carbons (Fsp3) is 0.143. The second-order valence-electron chi connectivity index (χ2n) is 4.56. The first-order valence-corrected chi connectivity index (χ1v) is 8.06. The molecule has 0 radical (unpaired) electrons. The quantitative estimate of drug-likeness (QED) is 0.471. The van der Waals surface area contributed by atoms with E-state index in [-0.39, 0.29) is 20.6 Å². The maximum Gasteiger partial charge on any atom is 0.349 e. The summed E-state index contributed by atoms with van der Waals surface area (Å²) in [7, 11) is 0. The Bertz CT molecular complexity index is 808. The average Bonchev–Trinajstić information content (AvgIpc) is 3.01. The Morgan fingerprint density at radius 1 is 1.29 bits per heavy atom. The molecule has 0 bridgehead atoms. The summed E-state index contributed by atoms with van der Waals surface area (Å²) in [6, 6.07) is 6.99. The number of hydrogen-bond donors (Lipinski definition) is 1. The van der Waals surface area contributed by atoms with Gasteiger partial charge in [-0.15, -0.1) is 0 Å². The molecule has 1 heterocycles. The summed E-state index contributed by atoms with van der Waals surface area (Å²) in [5, 5.41) is 13.6. The minimum Gasteiger partial charge on any atom is -0.448 e. The number of nitro groups is 1. The highest BCUT2D eigenvalue weighted by molar-refractivity contribution is 7.17. The van der Waals surface area contributed by atoms with E-state index >= 15 is 0 Å². The largest absolute Gasteiger partial charge is 0.448 e. The Morgan fingerprint density at radius 3 is 2.62 bits per heavy atom. The number of amides is 1. The summed E-state index contributed by atoms with van der Waals surface area (Å²) in [4.78, 5) is 34.0. The van der Waals surface area contributed by atoms with Crippen molar-refractivity contribution in [2.75, 3.05) is 5.32 Å². The molecule has 126 valence electrons. The molecular weight excluding hydrogens is 379 g/mol. The van der Waals surface area contributed by atoms with Crippen molar-refractivity contribution in [2.24, 2.45) is 0 Å². The molecule has 24 heavy (non-hydrogen) atoms. The standard InChI is InChI=1S/C14H10Cl2N2O5S/c1-7(13(19)17-10-6-8(15)2-3-9(10)16)23-14(20)11-4-5-12(24-11)18(21)22/h2-7H,1H3,(H,17,19)/t7-/m1/s1. The zero-order chi connectivity index (χ0) is 17.9. The lowest BCUT2D eigenvalue weighted by Crippen LogP contribution is -2.29. The number of carbonyl (C=O) groups is 2. The van der Waals surface area contributed by atoms with Crippen LogP contribution in [0.1, 0.15) is 16.6 Å². The van der Waals surface area contributed by atoms with E-state index in [4.69, 9.17) is 27.9 Å². The van der Waals surface area contributed by atoms with E-state index in [2.05, 4.69) is 5.32 Å². The lowest BCUT2D eigenvalue weighted by Gasteiger charge is -2.13. The van der Waals surface area contributed by atoms with Crippen LogP contribution in [-0.4, -0.2) is 22.9 Å². The molecule has 1 aromatic heterocycles. The molecule has 0 aliphatic rings. The van der Waals surface area contributed by atoms with Gasteiger partial charge < -0.3 is 10.1 Å². The van der Waals surface area contributed by atoms with Crippen LogP contribution in [0.4, 0.5) is 10.7 Å². The van der Waals surface area contributed by atoms with Crippen molar-refractivity contribution in [2.45, 2.75) is 13.0 Å². The summed E-state index contributed by atoms with van der Waals surface area (Å²) in [5.74, 6) is -1.44. The van der Waals surface area contributed by atoms with Crippen molar-refractivity contribution >= 4 is 57.1 Å². The Balaban J connectivity index is 2.01. The number of esters is 1. The van der Waals surface area contributed by atoms with Gasteiger partial charge in [-0.25, -0.2) is 4.79 Å². The van der Waals surface area contributed by atoms with E-state index in [1.54, 1.807) is 6.07 Å². The topological polar surface area (TPSA) is 98.5 Å². The van der Waals surface area contributed by atoms with Gasteiger partial charge in [0.2, 0.25) is 0 Å². The van der Waals surface area contributed by atoms with Crippen LogP contribution in [0, 0.1) is 10.1 Å². The fourth-order valence-electron chi connectivity index (χ4n) is 1.64. The van der Waals surface area contributed by atoms with Crippen LogP contribution in [0.25, 0.3) is 0 Å². The van der Waals surface area contributed by atoms with Crippen molar-refractivity contribution in [1.82, 2.24) is 0 Å². The summed E-state index contributed by atoms with van der Waals surface area (Å²) in [5.41, 5.74) is 0.281. The number of carbonyl (C=O) groups excluding carboxylic acids is 2. The van der Waals surface area contributed by atoms with Gasteiger partial charge in [0, 0.05) is 11.1 Å².